The number of nitrogens with two attached hydrogens (primary N) is 1. The number of hydrogen-bond donors (Lipinski definition) is 2. The molecule has 1 fully saturated rings. The number of hydrogen-bond acceptors (Lipinski definition) is 7. The monoisotopic (exact) mass is 409 g/mol. The number of carbonyl (C=O) groups is 1. The van der Waals surface area contributed by atoms with Gasteiger partial charge in [-0.25, -0.2) is 19.3 Å². The van der Waals surface area contributed by atoms with Crippen LogP contribution in [0.25, 0.3) is 10.9 Å². The Balaban J connectivity index is 1.49. The average Bonchev–Trinajstić information content (AvgIpc) is 2.72. The lowest BCUT2D eigenvalue weighted by atomic mass is 9.94. The molecule has 3 aromatic rings. The lowest BCUT2D eigenvalue weighted by Crippen LogP contribution is -2.42. The van der Waals surface area contributed by atoms with Crippen molar-refractivity contribution >= 4 is 28.5 Å². The number of para-hydroxylation sites is 1. The minimum Gasteiger partial charge on any atom is -0.390 e. The van der Waals surface area contributed by atoms with E-state index >= 15 is 0 Å². The van der Waals surface area contributed by atoms with E-state index < -0.39 is 11.4 Å². The highest BCUT2D eigenvalue weighted by Crippen LogP contribution is 2.25. The van der Waals surface area contributed by atoms with Crippen LogP contribution in [0.15, 0.2) is 36.4 Å². The average molecular weight is 409 g/mol. The van der Waals surface area contributed by atoms with Crippen molar-refractivity contribution in [1.29, 1.82) is 0 Å². The molecule has 0 amide bonds. The molecular weight excluding hydrogens is 385 g/mol. The zero-order valence-electron chi connectivity index (χ0n) is 16.8. The van der Waals surface area contributed by atoms with Crippen LogP contribution < -0.4 is 10.6 Å². The third kappa shape index (κ3) is 4.23. The zero-order chi connectivity index (χ0) is 21.3. The van der Waals surface area contributed by atoms with Crippen molar-refractivity contribution in [2.45, 2.75) is 38.2 Å². The van der Waals surface area contributed by atoms with Crippen molar-refractivity contribution in [3.05, 3.63) is 53.6 Å². The second kappa shape index (κ2) is 7.95. The fourth-order valence-corrected chi connectivity index (χ4v) is 3.71. The summed E-state index contributed by atoms with van der Waals surface area (Å²) in [5.74, 6) is -0.0576. The van der Waals surface area contributed by atoms with Crippen LogP contribution in [-0.2, 0) is 6.42 Å². The Bertz CT molecular complexity index is 1090. The minimum absolute atomic E-state index is 0.0504. The second-order valence-corrected chi connectivity index (χ2v) is 7.96. The van der Waals surface area contributed by atoms with E-state index in [0.717, 1.165) is 24.6 Å². The predicted molar refractivity (Wildman–Crippen MR) is 113 cm³/mol. The normalized spacial score (nSPS) is 16.0. The number of rotatable bonds is 5. The number of Topliss-reactive ketones (excluding diaryl/α,β-unsaturated/α-hetero) is 1. The van der Waals surface area contributed by atoms with Crippen LogP contribution in [0.1, 0.15) is 42.4 Å². The number of carbonyl (C=O) groups excluding carboxylic acids is 1. The molecule has 0 spiro atoms. The highest BCUT2D eigenvalue weighted by Gasteiger charge is 2.28. The molecule has 0 unspecified atom stereocenters. The molecule has 7 nitrogen and oxygen atoms in total. The van der Waals surface area contributed by atoms with Crippen LogP contribution in [0.4, 0.5) is 16.2 Å². The second-order valence-electron chi connectivity index (χ2n) is 7.96. The highest BCUT2D eigenvalue weighted by atomic mass is 19.1. The van der Waals surface area contributed by atoms with Gasteiger partial charge in [-0.3, -0.25) is 4.79 Å². The molecule has 3 heterocycles. The van der Waals surface area contributed by atoms with E-state index in [1.54, 1.807) is 6.07 Å². The molecule has 4 rings (SSSR count). The molecule has 1 aliphatic rings. The molecule has 0 aliphatic carbocycles. The van der Waals surface area contributed by atoms with Crippen molar-refractivity contribution in [2.75, 3.05) is 23.7 Å². The van der Waals surface area contributed by atoms with Gasteiger partial charge in [-0.1, -0.05) is 18.2 Å². The molecule has 1 aliphatic heterocycles. The number of piperidine rings is 1. The van der Waals surface area contributed by atoms with Crippen molar-refractivity contribution in [3.63, 3.8) is 0 Å². The van der Waals surface area contributed by atoms with Gasteiger partial charge in [0.2, 0.25) is 5.95 Å². The van der Waals surface area contributed by atoms with Crippen molar-refractivity contribution in [3.8, 4) is 0 Å². The minimum atomic E-state index is -0.623. The smallest absolute Gasteiger partial charge is 0.221 e. The summed E-state index contributed by atoms with van der Waals surface area (Å²) in [6.07, 6.45) is 1.98. The quantitative estimate of drug-likeness (QED) is 0.624. The van der Waals surface area contributed by atoms with Crippen LogP contribution in [-0.4, -0.2) is 44.5 Å². The van der Waals surface area contributed by atoms with Gasteiger partial charge in [0.25, 0.3) is 0 Å². The summed E-state index contributed by atoms with van der Waals surface area (Å²) in [7, 11) is 0. The number of benzene rings is 1. The van der Waals surface area contributed by atoms with Crippen LogP contribution >= 0.6 is 0 Å². The summed E-state index contributed by atoms with van der Waals surface area (Å²) in [5.41, 5.74) is 6.03. The molecule has 3 N–H and O–H groups in total. The van der Waals surface area contributed by atoms with E-state index in [1.807, 2.05) is 25.1 Å². The zero-order valence-corrected chi connectivity index (χ0v) is 16.8. The van der Waals surface area contributed by atoms with Gasteiger partial charge < -0.3 is 15.7 Å². The largest absolute Gasteiger partial charge is 0.390 e. The molecule has 0 bridgehead atoms. The van der Waals surface area contributed by atoms with E-state index in [9.17, 15) is 14.3 Å². The van der Waals surface area contributed by atoms with Crippen molar-refractivity contribution < 1.29 is 14.3 Å². The van der Waals surface area contributed by atoms with Crippen molar-refractivity contribution in [1.82, 2.24) is 15.0 Å². The fourth-order valence-electron chi connectivity index (χ4n) is 3.71. The molecule has 8 heteroatoms. The number of anilines is 2. The number of nitrogen functional groups attached to an aromatic ring is 1. The van der Waals surface area contributed by atoms with Crippen molar-refractivity contribution in [2.24, 2.45) is 0 Å². The molecule has 156 valence electrons. The van der Waals surface area contributed by atoms with Gasteiger partial charge in [0.1, 0.15) is 22.8 Å². The first-order valence-electron chi connectivity index (χ1n) is 10.0. The molecule has 30 heavy (non-hydrogen) atoms. The number of aliphatic hydroxyl groups is 1. The van der Waals surface area contributed by atoms with E-state index in [0.29, 0.717) is 24.6 Å². The number of halogens is 1. The van der Waals surface area contributed by atoms with E-state index in [4.69, 9.17) is 5.73 Å². The third-order valence-electron chi connectivity index (χ3n) is 5.52. The molecule has 1 aromatic carbocycles. The Kier molecular flexibility index (Phi) is 5.34. The maximum absolute atomic E-state index is 14.0. The molecule has 1 saturated heterocycles. The molecule has 0 atom stereocenters. The summed E-state index contributed by atoms with van der Waals surface area (Å²) in [6.45, 7) is 3.33. The number of pyridine rings is 1. The van der Waals surface area contributed by atoms with Gasteiger partial charge in [-0.2, -0.15) is 0 Å². The Morgan fingerprint density at radius 1 is 1.17 bits per heavy atom. The number of aryl methyl sites for hydroxylation is 1. The fraction of sp³-hybridized carbons (Fsp3) is 0.364. The Labute approximate surface area is 173 Å². The van der Waals surface area contributed by atoms with Gasteiger partial charge in [-0.05, 0) is 44.4 Å². The maximum atomic E-state index is 14.0. The van der Waals surface area contributed by atoms with Crippen LogP contribution in [0.3, 0.4) is 0 Å². The van der Waals surface area contributed by atoms with Gasteiger partial charge in [0, 0.05) is 30.6 Å². The Morgan fingerprint density at radius 3 is 2.67 bits per heavy atom. The Hall–Kier alpha value is -3.13. The van der Waals surface area contributed by atoms with Gasteiger partial charge in [0.15, 0.2) is 5.78 Å². The van der Waals surface area contributed by atoms with E-state index in [2.05, 4.69) is 19.9 Å². The molecule has 2 aromatic heterocycles. The SMILES string of the molecule is CC1(O)CCN(c2cccc(CCC(=O)c3nc(N)nc4c(F)cccc34)n2)CC1. The number of nitrogens with zero attached hydrogens (tertiary/aromatic N) is 4. The number of fused-ring (bicyclic) bond motifs is 1. The first-order chi connectivity index (χ1) is 14.3. The van der Waals surface area contributed by atoms with Gasteiger partial charge in [-0.15, -0.1) is 0 Å². The highest BCUT2D eigenvalue weighted by molar-refractivity contribution is 6.06. The summed E-state index contributed by atoms with van der Waals surface area (Å²) < 4.78 is 14.0. The summed E-state index contributed by atoms with van der Waals surface area (Å²) in [4.78, 5) is 27.6. The summed E-state index contributed by atoms with van der Waals surface area (Å²) >= 11 is 0. The van der Waals surface area contributed by atoms with Crippen LogP contribution in [0, 0.1) is 5.82 Å². The summed E-state index contributed by atoms with van der Waals surface area (Å²) in [5, 5.41) is 10.5. The van der Waals surface area contributed by atoms with Gasteiger partial charge in [0.05, 0.1) is 5.60 Å². The summed E-state index contributed by atoms with van der Waals surface area (Å²) in [6, 6.07) is 10.2. The van der Waals surface area contributed by atoms with E-state index in [1.165, 1.54) is 12.1 Å². The lowest BCUT2D eigenvalue weighted by molar-refractivity contribution is 0.0350. The first kappa shape index (κ1) is 20.2. The van der Waals surface area contributed by atoms with Gasteiger partial charge >= 0.3 is 0 Å². The standard InChI is InChI=1S/C22H24FN5O2/c1-22(30)10-12-28(13-11-22)18-7-2-4-14(25-18)8-9-17(29)20-15-5-3-6-16(23)19(15)26-21(24)27-20/h2-7,30H,8-13H2,1H3,(H2,24,26,27). The number of aromatic nitrogens is 3. The Morgan fingerprint density at radius 2 is 1.90 bits per heavy atom. The van der Waals surface area contributed by atoms with Crippen LogP contribution in [0.2, 0.25) is 0 Å². The van der Waals surface area contributed by atoms with E-state index in [-0.39, 0.29) is 29.4 Å². The first-order valence-corrected chi connectivity index (χ1v) is 10.0. The maximum Gasteiger partial charge on any atom is 0.221 e. The molecule has 0 radical (unpaired) electrons. The third-order valence-corrected chi connectivity index (χ3v) is 5.52. The molecule has 0 saturated carbocycles. The number of ketones is 1. The topological polar surface area (TPSA) is 105 Å². The van der Waals surface area contributed by atoms with Crippen LogP contribution in [0.5, 0.6) is 0 Å². The lowest BCUT2D eigenvalue weighted by Gasteiger charge is -2.36. The predicted octanol–water partition coefficient (Wildman–Crippen LogP) is 2.91. The molecular formula is C22H24FN5O2.